The molecule has 33 heavy (non-hydrogen) atoms. The number of amides is 4. The molecule has 0 aliphatic carbocycles. The fraction of sp³-hybridized carbons (Fsp3) is 0.385. The molecule has 2 aromatic carbocycles. The summed E-state index contributed by atoms with van der Waals surface area (Å²) in [5.74, 6) is -0.899. The second-order valence-corrected chi connectivity index (χ2v) is 9.07. The van der Waals surface area contributed by atoms with Crippen LogP contribution in [0.15, 0.2) is 36.4 Å². The molecule has 2 aliphatic rings. The first-order valence-corrected chi connectivity index (χ1v) is 11.4. The minimum absolute atomic E-state index is 0.0252. The van der Waals surface area contributed by atoms with Crippen LogP contribution in [0, 0.1) is 13.8 Å². The van der Waals surface area contributed by atoms with Gasteiger partial charge in [0.05, 0.1) is 11.1 Å². The molecular weight excluding hydrogens is 418 g/mol. The lowest BCUT2D eigenvalue weighted by Gasteiger charge is -2.22. The molecule has 0 aromatic heterocycles. The quantitative estimate of drug-likeness (QED) is 0.677. The normalized spacial score (nSPS) is 16.3. The first-order chi connectivity index (χ1) is 15.7. The van der Waals surface area contributed by atoms with Crippen molar-refractivity contribution in [3.63, 3.8) is 0 Å². The van der Waals surface area contributed by atoms with Gasteiger partial charge in [0, 0.05) is 43.3 Å². The van der Waals surface area contributed by atoms with E-state index >= 15 is 0 Å². The van der Waals surface area contributed by atoms with E-state index in [-0.39, 0.29) is 35.2 Å². The van der Waals surface area contributed by atoms with E-state index in [9.17, 15) is 19.2 Å². The summed E-state index contributed by atoms with van der Waals surface area (Å²) in [5.41, 5.74) is 3.88. The maximum absolute atomic E-state index is 13.2. The van der Waals surface area contributed by atoms with Crippen molar-refractivity contribution in [3.8, 4) is 0 Å². The number of benzene rings is 2. The van der Waals surface area contributed by atoms with Crippen LogP contribution in [0.4, 0.5) is 0 Å². The van der Waals surface area contributed by atoms with Crippen LogP contribution >= 0.6 is 0 Å². The lowest BCUT2D eigenvalue weighted by molar-refractivity contribution is 0.0608. The molecule has 0 N–H and O–H groups in total. The summed E-state index contributed by atoms with van der Waals surface area (Å²) in [4.78, 5) is 56.1. The van der Waals surface area contributed by atoms with Crippen LogP contribution in [0.2, 0.25) is 0 Å². The molecule has 0 atom stereocenters. The lowest BCUT2D eigenvalue weighted by Crippen LogP contribution is -2.37. The van der Waals surface area contributed by atoms with E-state index in [0.717, 1.165) is 11.1 Å². The van der Waals surface area contributed by atoms with Crippen molar-refractivity contribution in [2.45, 2.75) is 40.2 Å². The predicted octanol–water partition coefficient (Wildman–Crippen LogP) is 3.30. The Morgan fingerprint density at radius 3 is 1.85 bits per heavy atom. The van der Waals surface area contributed by atoms with E-state index in [0.29, 0.717) is 49.3 Å². The third-order valence-corrected chi connectivity index (χ3v) is 6.51. The Balaban J connectivity index is 1.48. The van der Waals surface area contributed by atoms with Crippen LogP contribution in [0.1, 0.15) is 72.8 Å². The lowest BCUT2D eigenvalue weighted by atomic mass is 10.0. The van der Waals surface area contributed by atoms with Gasteiger partial charge < -0.3 is 9.80 Å². The van der Waals surface area contributed by atoms with Gasteiger partial charge in [-0.1, -0.05) is 6.07 Å². The van der Waals surface area contributed by atoms with Crippen LogP contribution in [-0.4, -0.2) is 70.5 Å². The number of fused-ring (bicyclic) bond motifs is 1. The van der Waals surface area contributed by atoms with Crippen LogP contribution in [-0.2, 0) is 0 Å². The number of nitrogens with zero attached hydrogens (tertiary/aromatic N) is 3. The van der Waals surface area contributed by atoms with E-state index in [4.69, 9.17) is 0 Å². The SMILES string of the molecule is Cc1ccc(C(=O)N2CCCN(C(=O)c3ccc4c(c3)C(=O)N(C(C)C)C4=O)CC2)cc1C. The van der Waals surface area contributed by atoms with Crippen molar-refractivity contribution in [1.82, 2.24) is 14.7 Å². The van der Waals surface area contributed by atoms with Gasteiger partial charge in [-0.2, -0.15) is 0 Å². The molecule has 1 fully saturated rings. The average Bonchev–Trinajstić information content (AvgIpc) is 2.94. The van der Waals surface area contributed by atoms with Crippen molar-refractivity contribution in [3.05, 3.63) is 69.8 Å². The summed E-state index contributed by atoms with van der Waals surface area (Å²) in [7, 11) is 0. The molecule has 0 bridgehead atoms. The Bertz CT molecular complexity index is 1150. The van der Waals surface area contributed by atoms with Crippen LogP contribution in [0.25, 0.3) is 0 Å². The number of aryl methyl sites for hydroxylation is 2. The van der Waals surface area contributed by atoms with Gasteiger partial charge in [0.2, 0.25) is 0 Å². The Labute approximate surface area is 194 Å². The maximum atomic E-state index is 13.2. The number of hydrogen-bond donors (Lipinski definition) is 0. The van der Waals surface area contributed by atoms with Crippen LogP contribution < -0.4 is 0 Å². The summed E-state index contributed by atoms with van der Waals surface area (Å²) in [6.45, 7) is 9.55. The van der Waals surface area contributed by atoms with Gasteiger partial charge in [-0.15, -0.1) is 0 Å². The number of carbonyl (C=O) groups is 4. The van der Waals surface area contributed by atoms with Gasteiger partial charge in [-0.05, 0) is 75.6 Å². The van der Waals surface area contributed by atoms with E-state index < -0.39 is 0 Å². The van der Waals surface area contributed by atoms with Crippen LogP contribution in [0.5, 0.6) is 0 Å². The highest BCUT2D eigenvalue weighted by atomic mass is 16.2. The Morgan fingerprint density at radius 1 is 0.727 bits per heavy atom. The monoisotopic (exact) mass is 447 g/mol. The Kier molecular flexibility index (Phi) is 6.06. The molecule has 0 saturated carbocycles. The third kappa shape index (κ3) is 4.15. The molecule has 2 aromatic rings. The largest absolute Gasteiger partial charge is 0.337 e. The minimum Gasteiger partial charge on any atom is -0.337 e. The molecule has 2 heterocycles. The molecule has 0 radical (unpaired) electrons. The summed E-state index contributed by atoms with van der Waals surface area (Å²) < 4.78 is 0. The Morgan fingerprint density at radius 2 is 1.27 bits per heavy atom. The van der Waals surface area contributed by atoms with Gasteiger partial charge in [-0.25, -0.2) is 0 Å². The number of imide groups is 1. The van der Waals surface area contributed by atoms with Crippen molar-refractivity contribution < 1.29 is 19.2 Å². The zero-order valence-electron chi connectivity index (χ0n) is 19.6. The summed E-state index contributed by atoms with van der Waals surface area (Å²) in [6, 6.07) is 10.2. The minimum atomic E-state index is -0.360. The van der Waals surface area contributed by atoms with E-state index in [1.165, 1.54) is 11.0 Å². The smallest absolute Gasteiger partial charge is 0.261 e. The molecule has 0 spiro atoms. The molecule has 1 saturated heterocycles. The zero-order chi connectivity index (χ0) is 23.9. The van der Waals surface area contributed by atoms with Gasteiger partial charge >= 0.3 is 0 Å². The first-order valence-electron chi connectivity index (χ1n) is 11.4. The van der Waals surface area contributed by atoms with Gasteiger partial charge in [0.1, 0.15) is 0 Å². The molecule has 7 heteroatoms. The van der Waals surface area contributed by atoms with Gasteiger partial charge in [0.25, 0.3) is 23.6 Å². The van der Waals surface area contributed by atoms with E-state index in [2.05, 4.69) is 0 Å². The van der Waals surface area contributed by atoms with Crippen LogP contribution in [0.3, 0.4) is 0 Å². The topological polar surface area (TPSA) is 78.0 Å². The molecular formula is C26H29N3O4. The van der Waals surface area contributed by atoms with E-state index in [1.54, 1.807) is 35.8 Å². The first kappa shape index (κ1) is 22.7. The summed E-state index contributed by atoms with van der Waals surface area (Å²) >= 11 is 0. The fourth-order valence-electron chi connectivity index (χ4n) is 4.42. The number of hydrogen-bond acceptors (Lipinski definition) is 4. The summed E-state index contributed by atoms with van der Waals surface area (Å²) in [5, 5.41) is 0. The van der Waals surface area contributed by atoms with Crippen molar-refractivity contribution in [2.24, 2.45) is 0 Å². The third-order valence-electron chi connectivity index (χ3n) is 6.51. The van der Waals surface area contributed by atoms with Gasteiger partial charge in [-0.3, -0.25) is 24.1 Å². The second kappa shape index (κ2) is 8.81. The van der Waals surface area contributed by atoms with Crippen molar-refractivity contribution in [2.75, 3.05) is 26.2 Å². The maximum Gasteiger partial charge on any atom is 0.261 e. The molecule has 172 valence electrons. The molecule has 4 amide bonds. The number of rotatable bonds is 3. The van der Waals surface area contributed by atoms with Crippen molar-refractivity contribution in [1.29, 1.82) is 0 Å². The fourth-order valence-corrected chi connectivity index (χ4v) is 4.42. The zero-order valence-corrected chi connectivity index (χ0v) is 19.6. The van der Waals surface area contributed by atoms with E-state index in [1.807, 2.05) is 32.0 Å². The molecule has 4 rings (SSSR count). The standard InChI is InChI=1S/C26H29N3O4/c1-16(2)29-25(32)21-9-8-20(15-22(21)26(29)33)24(31)28-11-5-10-27(12-13-28)23(30)19-7-6-17(3)18(4)14-19/h6-9,14-16H,5,10-13H2,1-4H3. The van der Waals surface area contributed by atoms with Crippen molar-refractivity contribution >= 4 is 23.6 Å². The molecule has 2 aliphatic heterocycles. The predicted molar refractivity (Wildman–Crippen MR) is 124 cm³/mol. The average molecular weight is 448 g/mol. The highest BCUT2D eigenvalue weighted by Crippen LogP contribution is 2.26. The van der Waals surface area contributed by atoms with Gasteiger partial charge in [0.15, 0.2) is 0 Å². The highest BCUT2D eigenvalue weighted by Gasteiger charge is 2.37. The highest BCUT2D eigenvalue weighted by molar-refractivity contribution is 6.22. The molecule has 7 nitrogen and oxygen atoms in total. The molecule has 0 unspecified atom stereocenters. The second-order valence-electron chi connectivity index (χ2n) is 9.07. The summed E-state index contributed by atoms with van der Waals surface area (Å²) in [6.07, 6.45) is 0.672. The Hall–Kier alpha value is -3.48. The number of carbonyl (C=O) groups excluding carboxylic acids is 4.